The SMILES string of the molecule is Cc1[nH]c2ccc(C(=O)N(C)C3CCNC3)cc2c1C. The van der Waals surface area contributed by atoms with Crippen molar-refractivity contribution < 1.29 is 4.79 Å². The lowest BCUT2D eigenvalue weighted by Crippen LogP contribution is -2.38. The highest BCUT2D eigenvalue weighted by atomic mass is 16.2. The van der Waals surface area contributed by atoms with Gasteiger partial charge in [0.1, 0.15) is 0 Å². The minimum Gasteiger partial charge on any atom is -0.358 e. The number of benzene rings is 1. The van der Waals surface area contributed by atoms with Crippen LogP contribution in [0.25, 0.3) is 10.9 Å². The molecule has 1 aliphatic rings. The van der Waals surface area contributed by atoms with Crippen molar-refractivity contribution in [1.29, 1.82) is 0 Å². The molecular weight excluding hydrogens is 250 g/mol. The third-order valence-electron chi connectivity index (χ3n) is 4.46. The monoisotopic (exact) mass is 271 g/mol. The number of aromatic amines is 1. The molecule has 106 valence electrons. The second-order valence-electron chi connectivity index (χ2n) is 5.70. The van der Waals surface area contributed by atoms with Crippen LogP contribution in [0, 0.1) is 13.8 Å². The lowest BCUT2D eigenvalue weighted by molar-refractivity contribution is 0.0744. The van der Waals surface area contributed by atoms with Gasteiger partial charge in [0, 0.05) is 41.8 Å². The first-order valence-electron chi connectivity index (χ1n) is 7.14. The minimum atomic E-state index is 0.110. The average molecular weight is 271 g/mol. The summed E-state index contributed by atoms with van der Waals surface area (Å²) in [6.07, 6.45) is 1.03. The molecule has 20 heavy (non-hydrogen) atoms. The van der Waals surface area contributed by atoms with Gasteiger partial charge in [-0.25, -0.2) is 0 Å². The molecule has 4 nitrogen and oxygen atoms in total. The van der Waals surface area contributed by atoms with Gasteiger partial charge in [-0.05, 0) is 50.6 Å². The van der Waals surface area contributed by atoms with Crippen molar-refractivity contribution in [3.63, 3.8) is 0 Å². The van der Waals surface area contributed by atoms with E-state index in [0.29, 0.717) is 6.04 Å². The number of fused-ring (bicyclic) bond motifs is 1. The number of rotatable bonds is 2. The van der Waals surface area contributed by atoms with Crippen LogP contribution in [0.2, 0.25) is 0 Å². The molecular formula is C16H21N3O. The van der Waals surface area contributed by atoms with Crippen molar-refractivity contribution in [2.24, 2.45) is 0 Å². The van der Waals surface area contributed by atoms with Crippen LogP contribution in [-0.2, 0) is 0 Å². The van der Waals surface area contributed by atoms with E-state index in [1.807, 2.05) is 30.1 Å². The number of aromatic nitrogens is 1. The molecule has 1 saturated heterocycles. The summed E-state index contributed by atoms with van der Waals surface area (Å²) in [5, 5.41) is 4.45. The van der Waals surface area contributed by atoms with E-state index >= 15 is 0 Å². The van der Waals surface area contributed by atoms with Gasteiger partial charge in [0.15, 0.2) is 0 Å². The molecule has 3 rings (SSSR count). The standard InChI is InChI=1S/C16H21N3O/c1-10-11(2)18-15-5-4-12(8-14(10)15)16(20)19(3)13-6-7-17-9-13/h4-5,8,13,17-18H,6-7,9H2,1-3H3. The van der Waals surface area contributed by atoms with Gasteiger partial charge in [-0.3, -0.25) is 4.79 Å². The summed E-state index contributed by atoms with van der Waals surface area (Å²) in [6.45, 7) is 6.05. The highest BCUT2D eigenvalue weighted by molar-refractivity contribution is 5.99. The van der Waals surface area contributed by atoms with Gasteiger partial charge in [0.25, 0.3) is 5.91 Å². The molecule has 2 N–H and O–H groups in total. The van der Waals surface area contributed by atoms with E-state index < -0.39 is 0 Å². The smallest absolute Gasteiger partial charge is 0.253 e. The first-order valence-corrected chi connectivity index (χ1v) is 7.14. The van der Waals surface area contributed by atoms with E-state index in [-0.39, 0.29) is 5.91 Å². The Bertz CT molecular complexity index is 653. The van der Waals surface area contributed by atoms with Crippen molar-refractivity contribution in [2.75, 3.05) is 20.1 Å². The van der Waals surface area contributed by atoms with Crippen molar-refractivity contribution >= 4 is 16.8 Å². The van der Waals surface area contributed by atoms with Gasteiger partial charge in [-0.2, -0.15) is 0 Å². The number of aryl methyl sites for hydroxylation is 2. The van der Waals surface area contributed by atoms with Crippen LogP contribution < -0.4 is 5.32 Å². The number of carbonyl (C=O) groups excluding carboxylic acids is 1. The predicted octanol–water partition coefficient (Wildman–Crippen LogP) is 2.22. The molecule has 1 atom stereocenters. The molecule has 2 heterocycles. The van der Waals surface area contributed by atoms with E-state index in [4.69, 9.17) is 0 Å². The number of carbonyl (C=O) groups is 1. The largest absolute Gasteiger partial charge is 0.358 e. The maximum absolute atomic E-state index is 12.6. The zero-order chi connectivity index (χ0) is 14.3. The lowest BCUT2D eigenvalue weighted by Gasteiger charge is -2.23. The lowest BCUT2D eigenvalue weighted by atomic mass is 10.1. The van der Waals surface area contributed by atoms with Crippen molar-refractivity contribution in [3.8, 4) is 0 Å². The third-order valence-corrected chi connectivity index (χ3v) is 4.46. The molecule has 1 aromatic carbocycles. The number of H-pyrrole nitrogens is 1. The van der Waals surface area contributed by atoms with Crippen LogP contribution in [0.15, 0.2) is 18.2 Å². The summed E-state index contributed by atoms with van der Waals surface area (Å²) in [7, 11) is 1.90. The zero-order valence-corrected chi connectivity index (χ0v) is 12.3. The van der Waals surface area contributed by atoms with E-state index in [0.717, 1.165) is 41.7 Å². The van der Waals surface area contributed by atoms with E-state index in [9.17, 15) is 4.79 Å². The Balaban J connectivity index is 1.92. The molecule has 0 radical (unpaired) electrons. The number of hydrogen-bond donors (Lipinski definition) is 2. The van der Waals surface area contributed by atoms with E-state index in [1.54, 1.807) is 0 Å². The highest BCUT2D eigenvalue weighted by Gasteiger charge is 2.24. The molecule has 0 aliphatic carbocycles. The Morgan fingerprint density at radius 2 is 2.15 bits per heavy atom. The Hall–Kier alpha value is -1.81. The molecule has 2 aromatic rings. The minimum absolute atomic E-state index is 0.110. The Morgan fingerprint density at radius 1 is 1.35 bits per heavy atom. The van der Waals surface area contributed by atoms with Gasteiger partial charge in [-0.15, -0.1) is 0 Å². The number of nitrogens with one attached hydrogen (secondary N) is 2. The van der Waals surface area contributed by atoms with Gasteiger partial charge < -0.3 is 15.2 Å². The van der Waals surface area contributed by atoms with Crippen molar-refractivity contribution in [1.82, 2.24) is 15.2 Å². The van der Waals surface area contributed by atoms with Crippen LogP contribution >= 0.6 is 0 Å². The zero-order valence-electron chi connectivity index (χ0n) is 12.3. The summed E-state index contributed by atoms with van der Waals surface area (Å²) in [5.74, 6) is 0.110. The number of amides is 1. The van der Waals surface area contributed by atoms with E-state index in [2.05, 4.69) is 24.1 Å². The van der Waals surface area contributed by atoms with Crippen molar-refractivity contribution in [2.45, 2.75) is 26.3 Å². The second kappa shape index (κ2) is 4.94. The van der Waals surface area contributed by atoms with Crippen LogP contribution in [0.3, 0.4) is 0 Å². The molecule has 1 unspecified atom stereocenters. The van der Waals surface area contributed by atoms with Gasteiger partial charge in [-0.1, -0.05) is 0 Å². The first-order chi connectivity index (χ1) is 9.58. The molecule has 1 aromatic heterocycles. The second-order valence-corrected chi connectivity index (χ2v) is 5.70. The highest BCUT2D eigenvalue weighted by Crippen LogP contribution is 2.23. The predicted molar refractivity (Wildman–Crippen MR) is 81.1 cm³/mol. The topological polar surface area (TPSA) is 48.1 Å². The molecule has 0 spiro atoms. The van der Waals surface area contributed by atoms with Crippen LogP contribution in [0.5, 0.6) is 0 Å². The fourth-order valence-corrected chi connectivity index (χ4v) is 2.93. The summed E-state index contributed by atoms with van der Waals surface area (Å²) in [5.41, 5.74) is 4.26. The number of likely N-dealkylation sites (N-methyl/N-ethyl adjacent to an activating group) is 1. The number of nitrogens with zero attached hydrogens (tertiary/aromatic N) is 1. The third kappa shape index (κ3) is 2.10. The quantitative estimate of drug-likeness (QED) is 0.880. The summed E-state index contributed by atoms with van der Waals surface area (Å²) in [6, 6.07) is 6.24. The Kier molecular flexibility index (Phi) is 3.26. The van der Waals surface area contributed by atoms with Crippen LogP contribution in [0.1, 0.15) is 28.0 Å². The van der Waals surface area contributed by atoms with Crippen LogP contribution in [0.4, 0.5) is 0 Å². The summed E-state index contributed by atoms with van der Waals surface area (Å²) in [4.78, 5) is 17.8. The molecule has 1 aliphatic heterocycles. The van der Waals surface area contributed by atoms with Gasteiger partial charge in [0.05, 0.1) is 0 Å². The van der Waals surface area contributed by atoms with Gasteiger partial charge in [0.2, 0.25) is 0 Å². The summed E-state index contributed by atoms with van der Waals surface area (Å²) < 4.78 is 0. The molecule has 0 saturated carbocycles. The molecule has 0 bridgehead atoms. The first kappa shape index (κ1) is 13.2. The molecule has 1 amide bonds. The molecule has 4 heteroatoms. The maximum Gasteiger partial charge on any atom is 0.253 e. The normalized spacial score (nSPS) is 18.6. The fraction of sp³-hybridized carbons (Fsp3) is 0.438. The van der Waals surface area contributed by atoms with Crippen LogP contribution in [-0.4, -0.2) is 42.0 Å². The van der Waals surface area contributed by atoms with Crippen molar-refractivity contribution in [3.05, 3.63) is 35.0 Å². The van der Waals surface area contributed by atoms with Gasteiger partial charge >= 0.3 is 0 Å². The number of hydrogen-bond acceptors (Lipinski definition) is 2. The molecule has 1 fully saturated rings. The summed E-state index contributed by atoms with van der Waals surface area (Å²) >= 11 is 0. The Labute approximate surface area is 119 Å². The van der Waals surface area contributed by atoms with E-state index in [1.165, 1.54) is 5.56 Å². The average Bonchev–Trinajstić information content (AvgIpc) is 3.07. The Morgan fingerprint density at radius 3 is 2.85 bits per heavy atom. The maximum atomic E-state index is 12.6. The fourth-order valence-electron chi connectivity index (χ4n) is 2.93.